The molecule has 0 saturated carbocycles. The normalized spacial score (nSPS) is 10.3. The maximum absolute atomic E-state index is 12.3. The van der Waals surface area contributed by atoms with Crippen molar-refractivity contribution in [1.29, 1.82) is 0 Å². The van der Waals surface area contributed by atoms with Crippen LogP contribution in [0.2, 0.25) is 0 Å². The number of anilines is 1. The molecule has 0 unspecified atom stereocenters. The van der Waals surface area contributed by atoms with Gasteiger partial charge in [0.25, 0.3) is 5.91 Å². The fourth-order valence-electron chi connectivity index (χ4n) is 2.12. The second-order valence-electron chi connectivity index (χ2n) is 4.73. The summed E-state index contributed by atoms with van der Waals surface area (Å²) in [5, 5.41) is 7.27. The van der Waals surface area contributed by atoms with E-state index in [2.05, 4.69) is 10.4 Å². The Kier molecular flexibility index (Phi) is 3.51. The second kappa shape index (κ2) is 5.63. The molecule has 0 saturated heterocycles. The number of aryl methyl sites for hydroxylation is 1. The van der Waals surface area contributed by atoms with Gasteiger partial charge in [-0.15, -0.1) is 0 Å². The molecule has 0 radical (unpaired) electrons. The molecule has 0 aliphatic heterocycles. The molecule has 0 bridgehead atoms. The molecule has 1 amide bonds. The number of hydrogen-bond acceptors (Lipinski definition) is 2. The minimum absolute atomic E-state index is 0.152. The Labute approximate surface area is 123 Å². The van der Waals surface area contributed by atoms with Gasteiger partial charge in [0.1, 0.15) is 0 Å². The lowest BCUT2D eigenvalue weighted by molar-refractivity contribution is 0.102. The van der Waals surface area contributed by atoms with E-state index in [-0.39, 0.29) is 5.91 Å². The predicted molar refractivity (Wildman–Crippen MR) is 82.7 cm³/mol. The number of nitrogens with one attached hydrogen (secondary N) is 1. The summed E-state index contributed by atoms with van der Waals surface area (Å²) in [7, 11) is 0. The number of aromatic nitrogens is 2. The highest BCUT2D eigenvalue weighted by molar-refractivity contribution is 6.04. The average molecular weight is 277 g/mol. The summed E-state index contributed by atoms with van der Waals surface area (Å²) in [4.78, 5) is 12.3. The third-order valence-corrected chi connectivity index (χ3v) is 3.20. The number of nitrogens with zero attached hydrogens (tertiary/aromatic N) is 2. The van der Waals surface area contributed by atoms with E-state index in [1.165, 1.54) is 0 Å². The Morgan fingerprint density at radius 1 is 1.00 bits per heavy atom. The highest BCUT2D eigenvalue weighted by atomic mass is 16.1. The Morgan fingerprint density at radius 2 is 1.62 bits per heavy atom. The summed E-state index contributed by atoms with van der Waals surface area (Å²) >= 11 is 0. The lowest BCUT2D eigenvalue weighted by atomic mass is 10.2. The van der Waals surface area contributed by atoms with Gasteiger partial charge in [0.2, 0.25) is 0 Å². The topological polar surface area (TPSA) is 46.9 Å². The molecular weight excluding hydrogens is 262 g/mol. The van der Waals surface area contributed by atoms with Crippen molar-refractivity contribution < 1.29 is 4.79 Å². The van der Waals surface area contributed by atoms with Crippen molar-refractivity contribution in [3.8, 4) is 5.69 Å². The number of benzene rings is 2. The second-order valence-corrected chi connectivity index (χ2v) is 4.73. The van der Waals surface area contributed by atoms with Crippen LogP contribution in [0, 0.1) is 6.92 Å². The van der Waals surface area contributed by atoms with Crippen LogP contribution in [0.4, 0.5) is 5.69 Å². The Bertz CT molecular complexity index is 748. The Balaban J connectivity index is 1.86. The zero-order valence-electron chi connectivity index (χ0n) is 11.7. The lowest BCUT2D eigenvalue weighted by Gasteiger charge is -2.03. The number of amides is 1. The first-order valence-electron chi connectivity index (χ1n) is 6.72. The smallest absolute Gasteiger partial charge is 0.259 e. The van der Waals surface area contributed by atoms with Crippen LogP contribution >= 0.6 is 0 Å². The zero-order chi connectivity index (χ0) is 14.7. The van der Waals surface area contributed by atoms with Crippen LogP contribution < -0.4 is 5.32 Å². The highest BCUT2D eigenvalue weighted by Gasteiger charge is 2.14. The summed E-state index contributed by atoms with van der Waals surface area (Å²) in [6, 6.07) is 19.1. The molecule has 4 heteroatoms. The third kappa shape index (κ3) is 2.84. The number of hydrogen-bond donors (Lipinski definition) is 1. The van der Waals surface area contributed by atoms with E-state index >= 15 is 0 Å². The van der Waals surface area contributed by atoms with E-state index in [4.69, 9.17) is 0 Å². The number of carbonyl (C=O) groups is 1. The molecule has 3 aromatic rings. The minimum atomic E-state index is -0.152. The number of para-hydroxylation sites is 2. The van der Waals surface area contributed by atoms with Crippen LogP contribution in [-0.4, -0.2) is 15.7 Å². The van der Waals surface area contributed by atoms with Crippen molar-refractivity contribution in [2.75, 3.05) is 5.32 Å². The van der Waals surface area contributed by atoms with Crippen LogP contribution in [-0.2, 0) is 0 Å². The number of rotatable bonds is 3. The SMILES string of the molecule is Cc1nn(-c2ccccc2)cc1C(=O)Nc1ccccc1. The van der Waals surface area contributed by atoms with Gasteiger partial charge >= 0.3 is 0 Å². The molecule has 0 atom stereocenters. The molecule has 1 N–H and O–H groups in total. The predicted octanol–water partition coefficient (Wildman–Crippen LogP) is 3.43. The maximum atomic E-state index is 12.3. The van der Waals surface area contributed by atoms with Crippen LogP contribution in [0.15, 0.2) is 66.9 Å². The maximum Gasteiger partial charge on any atom is 0.259 e. The van der Waals surface area contributed by atoms with Crippen LogP contribution in [0.5, 0.6) is 0 Å². The van der Waals surface area contributed by atoms with Crippen LogP contribution in [0.1, 0.15) is 16.1 Å². The summed E-state index contributed by atoms with van der Waals surface area (Å²) in [5.74, 6) is -0.152. The summed E-state index contributed by atoms with van der Waals surface area (Å²) in [6.07, 6.45) is 1.75. The van der Waals surface area contributed by atoms with Gasteiger partial charge < -0.3 is 5.32 Å². The first-order chi connectivity index (χ1) is 10.2. The molecular formula is C17H15N3O. The molecule has 2 aromatic carbocycles. The fourth-order valence-corrected chi connectivity index (χ4v) is 2.12. The Hall–Kier alpha value is -2.88. The fraction of sp³-hybridized carbons (Fsp3) is 0.0588. The van der Waals surface area contributed by atoms with Crippen LogP contribution in [0.3, 0.4) is 0 Å². The zero-order valence-corrected chi connectivity index (χ0v) is 11.7. The van der Waals surface area contributed by atoms with Gasteiger partial charge in [0.15, 0.2) is 0 Å². The van der Waals surface area contributed by atoms with Crippen LogP contribution in [0.25, 0.3) is 5.69 Å². The lowest BCUT2D eigenvalue weighted by Crippen LogP contribution is -2.12. The van der Waals surface area contributed by atoms with Gasteiger partial charge in [-0.3, -0.25) is 4.79 Å². The summed E-state index contributed by atoms with van der Waals surface area (Å²) in [6.45, 7) is 1.83. The molecule has 3 rings (SSSR count). The van der Waals surface area contributed by atoms with Crippen molar-refractivity contribution in [2.45, 2.75) is 6.92 Å². The third-order valence-electron chi connectivity index (χ3n) is 3.20. The monoisotopic (exact) mass is 277 g/mol. The summed E-state index contributed by atoms with van der Waals surface area (Å²) in [5.41, 5.74) is 2.98. The van der Waals surface area contributed by atoms with E-state index in [1.807, 2.05) is 67.6 Å². The largest absolute Gasteiger partial charge is 0.322 e. The molecule has 4 nitrogen and oxygen atoms in total. The van der Waals surface area contributed by atoms with Crippen molar-refractivity contribution in [3.05, 3.63) is 78.1 Å². The molecule has 104 valence electrons. The van der Waals surface area contributed by atoms with E-state index in [0.717, 1.165) is 11.4 Å². The average Bonchev–Trinajstić information content (AvgIpc) is 2.91. The van der Waals surface area contributed by atoms with E-state index in [0.29, 0.717) is 11.3 Å². The summed E-state index contributed by atoms with van der Waals surface area (Å²) < 4.78 is 1.72. The van der Waals surface area contributed by atoms with Gasteiger partial charge in [-0.25, -0.2) is 4.68 Å². The molecule has 0 spiro atoms. The first kappa shape index (κ1) is 13.1. The highest BCUT2D eigenvalue weighted by Crippen LogP contribution is 2.14. The van der Waals surface area contributed by atoms with E-state index in [9.17, 15) is 4.79 Å². The van der Waals surface area contributed by atoms with Gasteiger partial charge in [-0.1, -0.05) is 36.4 Å². The molecule has 0 aliphatic rings. The molecule has 0 aliphatic carbocycles. The van der Waals surface area contributed by atoms with Gasteiger partial charge in [0.05, 0.1) is 16.9 Å². The quantitative estimate of drug-likeness (QED) is 0.797. The van der Waals surface area contributed by atoms with E-state index < -0.39 is 0 Å². The molecule has 21 heavy (non-hydrogen) atoms. The van der Waals surface area contributed by atoms with E-state index in [1.54, 1.807) is 10.9 Å². The van der Waals surface area contributed by atoms with Gasteiger partial charge in [-0.2, -0.15) is 5.10 Å². The van der Waals surface area contributed by atoms with Crippen molar-refractivity contribution in [3.63, 3.8) is 0 Å². The molecule has 0 fully saturated rings. The standard InChI is InChI=1S/C17H15N3O/c1-13-16(17(21)18-14-8-4-2-5-9-14)12-20(19-13)15-10-6-3-7-11-15/h2-12H,1H3,(H,18,21). The van der Waals surface area contributed by atoms with Crippen molar-refractivity contribution >= 4 is 11.6 Å². The van der Waals surface area contributed by atoms with Gasteiger partial charge in [-0.05, 0) is 31.2 Å². The number of carbonyl (C=O) groups excluding carboxylic acids is 1. The minimum Gasteiger partial charge on any atom is -0.322 e. The van der Waals surface area contributed by atoms with Crippen molar-refractivity contribution in [2.24, 2.45) is 0 Å². The Morgan fingerprint density at radius 3 is 2.29 bits per heavy atom. The van der Waals surface area contributed by atoms with Crippen molar-refractivity contribution in [1.82, 2.24) is 9.78 Å². The molecule has 1 aromatic heterocycles. The van der Waals surface area contributed by atoms with Gasteiger partial charge in [0, 0.05) is 11.9 Å². The first-order valence-corrected chi connectivity index (χ1v) is 6.72. The molecule has 1 heterocycles.